The molecule has 0 aliphatic rings. The lowest BCUT2D eigenvalue weighted by atomic mass is 9.97. The van der Waals surface area contributed by atoms with E-state index in [2.05, 4.69) is 38.1 Å². The zero-order chi connectivity index (χ0) is 20.6. The maximum atomic E-state index is 14.6. The van der Waals surface area contributed by atoms with Crippen LogP contribution < -0.4 is 0 Å². The lowest BCUT2D eigenvalue weighted by Crippen LogP contribution is -1.98. The van der Waals surface area contributed by atoms with E-state index < -0.39 is 11.6 Å². The summed E-state index contributed by atoms with van der Waals surface area (Å²) in [5.41, 5.74) is 5.40. The highest BCUT2D eigenvalue weighted by Gasteiger charge is 2.14. The van der Waals surface area contributed by atoms with Gasteiger partial charge in [-0.15, -0.1) is 0 Å². The van der Waals surface area contributed by atoms with Gasteiger partial charge in [0.15, 0.2) is 11.6 Å². The van der Waals surface area contributed by atoms with E-state index in [9.17, 15) is 8.78 Å². The minimum Gasteiger partial charge on any atom is -0.203 e. The first-order valence-corrected chi connectivity index (χ1v) is 10.8. The molecule has 0 bridgehead atoms. The molecule has 3 aromatic carbocycles. The lowest BCUT2D eigenvalue weighted by Gasteiger charge is -2.10. The highest BCUT2D eigenvalue weighted by atomic mass is 19.2. The SMILES string of the molecule is CCCCCc1ccc(-c2ccc(CCc3ccc(CC)cc3)cc2)c(F)c1F. The summed E-state index contributed by atoms with van der Waals surface area (Å²) in [6.07, 6.45) is 6.54. The molecule has 0 N–H and O–H groups in total. The van der Waals surface area contributed by atoms with Gasteiger partial charge >= 0.3 is 0 Å². The average molecular weight is 393 g/mol. The van der Waals surface area contributed by atoms with E-state index in [-0.39, 0.29) is 0 Å². The molecule has 0 atom stereocenters. The van der Waals surface area contributed by atoms with Gasteiger partial charge in [-0.2, -0.15) is 0 Å². The topological polar surface area (TPSA) is 0 Å². The Labute approximate surface area is 173 Å². The molecule has 0 aliphatic carbocycles. The van der Waals surface area contributed by atoms with E-state index in [0.717, 1.165) is 44.1 Å². The Balaban J connectivity index is 1.66. The fourth-order valence-electron chi connectivity index (χ4n) is 3.65. The number of benzene rings is 3. The van der Waals surface area contributed by atoms with Gasteiger partial charge in [-0.05, 0) is 59.9 Å². The fraction of sp³-hybridized carbons (Fsp3) is 0.333. The Kier molecular flexibility index (Phi) is 7.57. The van der Waals surface area contributed by atoms with Crippen molar-refractivity contribution >= 4 is 0 Å². The van der Waals surface area contributed by atoms with Crippen LogP contribution in [0.2, 0.25) is 0 Å². The normalized spacial score (nSPS) is 11.0. The second-order valence-corrected chi connectivity index (χ2v) is 7.72. The number of unbranched alkanes of at least 4 members (excludes halogenated alkanes) is 2. The molecule has 0 saturated carbocycles. The quantitative estimate of drug-likeness (QED) is 0.327. The Morgan fingerprint density at radius 1 is 0.586 bits per heavy atom. The third-order valence-electron chi connectivity index (χ3n) is 5.61. The van der Waals surface area contributed by atoms with Crippen molar-refractivity contribution in [1.82, 2.24) is 0 Å². The molecule has 152 valence electrons. The smallest absolute Gasteiger partial charge is 0.166 e. The van der Waals surface area contributed by atoms with Crippen molar-refractivity contribution in [1.29, 1.82) is 0 Å². The summed E-state index contributed by atoms with van der Waals surface area (Å²) in [6, 6.07) is 20.0. The number of hydrogen-bond donors (Lipinski definition) is 0. The van der Waals surface area contributed by atoms with Crippen LogP contribution in [0.5, 0.6) is 0 Å². The summed E-state index contributed by atoms with van der Waals surface area (Å²) < 4.78 is 29.1. The van der Waals surface area contributed by atoms with Crippen LogP contribution in [-0.2, 0) is 25.7 Å². The minimum atomic E-state index is -0.734. The highest BCUT2D eigenvalue weighted by Crippen LogP contribution is 2.27. The number of halogens is 2. The van der Waals surface area contributed by atoms with Crippen LogP contribution in [0, 0.1) is 11.6 Å². The van der Waals surface area contributed by atoms with Gasteiger partial charge < -0.3 is 0 Å². The highest BCUT2D eigenvalue weighted by molar-refractivity contribution is 5.65. The molecule has 29 heavy (non-hydrogen) atoms. The maximum Gasteiger partial charge on any atom is 0.166 e. The molecule has 0 unspecified atom stereocenters. The van der Waals surface area contributed by atoms with E-state index in [0.29, 0.717) is 17.5 Å². The molecular formula is C27H30F2. The number of rotatable bonds is 9. The molecule has 2 heteroatoms. The summed E-state index contributed by atoms with van der Waals surface area (Å²) in [4.78, 5) is 0. The van der Waals surface area contributed by atoms with E-state index in [4.69, 9.17) is 0 Å². The first-order valence-electron chi connectivity index (χ1n) is 10.8. The van der Waals surface area contributed by atoms with Crippen molar-refractivity contribution in [2.75, 3.05) is 0 Å². The summed E-state index contributed by atoms with van der Waals surface area (Å²) in [5, 5.41) is 0. The number of aryl methyl sites for hydroxylation is 4. The van der Waals surface area contributed by atoms with Gasteiger partial charge in [-0.25, -0.2) is 8.78 Å². The van der Waals surface area contributed by atoms with Gasteiger partial charge in [0, 0.05) is 5.56 Å². The van der Waals surface area contributed by atoms with Crippen LogP contribution >= 0.6 is 0 Å². The molecule has 3 aromatic rings. The van der Waals surface area contributed by atoms with Crippen molar-refractivity contribution in [2.45, 2.75) is 58.8 Å². The third kappa shape index (κ3) is 5.53. The van der Waals surface area contributed by atoms with Gasteiger partial charge in [0.1, 0.15) is 0 Å². The van der Waals surface area contributed by atoms with Gasteiger partial charge in [0.2, 0.25) is 0 Å². The average Bonchev–Trinajstić information content (AvgIpc) is 2.76. The van der Waals surface area contributed by atoms with Gasteiger partial charge in [-0.3, -0.25) is 0 Å². The summed E-state index contributed by atoms with van der Waals surface area (Å²) in [5.74, 6) is -1.43. The Morgan fingerprint density at radius 3 is 1.76 bits per heavy atom. The molecule has 0 heterocycles. The number of hydrogen-bond acceptors (Lipinski definition) is 0. The monoisotopic (exact) mass is 392 g/mol. The van der Waals surface area contributed by atoms with Gasteiger partial charge in [0.05, 0.1) is 0 Å². The minimum absolute atomic E-state index is 0.337. The largest absolute Gasteiger partial charge is 0.203 e. The summed E-state index contributed by atoms with van der Waals surface area (Å²) in [6.45, 7) is 4.26. The Morgan fingerprint density at radius 2 is 1.17 bits per heavy atom. The van der Waals surface area contributed by atoms with Crippen LogP contribution in [0.15, 0.2) is 60.7 Å². The molecule has 0 fully saturated rings. The molecule has 0 aliphatic heterocycles. The van der Waals surface area contributed by atoms with Gasteiger partial charge in [-0.1, -0.05) is 87.4 Å². The molecule has 0 amide bonds. The Hall–Kier alpha value is -2.48. The van der Waals surface area contributed by atoms with E-state index in [1.165, 1.54) is 16.7 Å². The zero-order valence-electron chi connectivity index (χ0n) is 17.5. The predicted molar refractivity (Wildman–Crippen MR) is 118 cm³/mol. The standard InChI is InChI=1S/C27H30F2/c1-3-5-6-7-24-18-19-25(27(29)26(24)28)23-16-14-22(15-17-23)13-12-21-10-8-20(4-2)9-11-21/h8-11,14-19H,3-7,12-13H2,1-2H3. The summed E-state index contributed by atoms with van der Waals surface area (Å²) >= 11 is 0. The first-order chi connectivity index (χ1) is 14.1. The molecule has 0 spiro atoms. The van der Waals surface area contributed by atoms with Crippen LogP contribution in [0.4, 0.5) is 8.78 Å². The van der Waals surface area contributed by atoms with E-state index >= 15 is 0 Å². The van der Waals surface area contributed by atoms with Crippen LogP contribution in [-0.4, -0.2) is 0 Å². The molecule has 3 rings (SSSR count). The predicted octanol–water partition coefficient (Wildman–Crippen LogP) is 7.71. The van der Waals surface area contributed by atoms with Crippen molar-refractivity contribution in [3.63, 3.8) is 0 Å². The second kappa shape index (κ2) is 10.3. The first kappa shape index (κ1) is 21.2. The maximum absolute atomic E-state index is 14.6. The lowest BCUT2D eigenvalue weighted by molar-refractivity contribution is 0.498. The van der Waals surface area contributed by atoms with Crippen molar-refractivity contribution in [2.24, 2.45) is 0 Å². The van der Waals surface area contributed by atoms with Crippen LogP contribution in [0.3, 0.4) is 0 Å². The van der Waals surface area contributed by atoms with Crippen molar-refractivity contribution < 1.29 is 8.78 Å². The van der Waals surface area contributed by atoms with Crippen molar-refractivity contribution in [3.8, 4) is 11.1 Å². The molecule has 0 nitrogen and oxygen atoms in total. The second-order valence-electron chi connectivity index (χ2n) is 7.72. The van der Waals surface area contributed by atoms with Crippen molar-refractivity contribution in [3.05, 3.63) is 94.6 Å². The summed E-state index contributed by atoms with van der Waals surface area (Å²) in [7, 11) is 0. The molecular weight excluding hydrogens is 362 g/mol. The molecule has 0 saturated heterocycles. The molecule has 0 radical (unpaired) electrons. The van der Waals surface area contributed by atoms with Crippen LogP contribution in [0.25, 0.3) is 11.1 Å². The molecule has 0 aromatic heterocycles. The fourth-order valence-corrected chi connectivity index (χ4v) is 3.65. The Bertz CT molecular complexity index is 909. The zero-order valence-corrected chi connectivity index (χ0v) is 17.5. The van der Waals surface area contributed by atoms with Crippen LogP contribution in [0.1, 0.15) is 55.4 Å². The van der Waals surface area contributed by atoms with E-state index in [1.54, 1.807) is 12.1 Å². The van der Waals surface area contributed by atoms with Gasteiger partial charge in [0.25, 0.3) is 0 Å². The van der Waals surface area contributed by atoms with E-state index in [1.807, 2.05) is 24.3 Å². The third-order valence-corrected chi connectivity index (χ3v) is 5.61.